The number of carbonyl (C=O) groups excluding carboxylic acids is 3. The van der Waals surface area contributed by atoms with Crippen molar-refractivity contribution in [3.05, 3.63) is 60.8 Å². The molecule has 0 saturated carbocycles. The lowest BCUT2D eigenvalue weighted by Crippen LogP contribution is -2.30. The summed E-state index contributed by atoms with van der Waals surface area (Å²) in [5.74, 6) is -0.931. The van der Waals surface area contributed by atoms with E-state index >= 15 is 0 Å². The van der Waals surface area contributed by atoms with Crippen molar-refractivity contribution in [2.24, 2.45) is 0 Å². The summed E-state index contributed by atoms with van der Waals surface area (Å²) in [7, 11) is 0. The second kappa shape index (κ2) is 54.7. The van der Waals surface area contributed by atoms with Gasteiger partial charge in [0.05, 0.1) is 0 Å². The number of ether oxygens (including phenoxy) is 3. The summed E-state index contributed by atoms with van der Waals surface area (Å²) in [5, 5.41) is 0. The highest BCUT2D eigenvalue weighted by molar-refractivity contribution is 5.71. The number of hydrogen-bond acceptors (Lipinski definition) is 6. The summed E-state index contributed by atoms with van der Waals surface area (Å²) in [5.41, 5.74) is 0. The molecule has 0 aromatic carbocycles. The standard InChI is InChI=1S/C60H106O6/c1-4-7-10-13-16-19-22-25-28-29-30-33-35-38-41-44-47-50-53-59(62)65-56-57(66-60(63)54-51-48-45-42-39-36-32-27-24-21-18-15-12-9-6-3)55-64-58(61)52-49-46-43-40-37-34-31-26-23-20-17-14-11-8-5-2/h9,12,18,21,26-27,31-32,39,42,57H,4-8,10-11,13-17,19-20,22-25,28-30,33-38,40-41,43-56H2,1-3H3/b12-9-,21-18-,31-26-,32-27-,42-39-/t57-/m1/s1. The second-order valence-electron chi connectivity index (χ2n) is 18.8. The van der Waals surface area contributed by atoms with Gasteiger partial charge in [-0.25, -0.2) is 0 Å². The number of esters is 3. The molecule has 6 heteroatoms. The average molecular weight is 924 g/mol. The van der Waals surface area contributed by atoms with E-state index in [0.29, 0.717) is 19.3 Å². The molecule has 0 aliphatic carbocycles. The fraction of sp³-hybridized carbons (Fsp3) is 0.783. The third kappa shape index (κ3) is 52.1. The minimum Gasteiger partial charge on any atom is -0.462 e. The van der Waals surface area contributed by atoms with E-state index in [-0.39, 0.29) is 37.5 Å². The highest BCUT2D eigenvalue weighted by atomic mass is 16.6. The Balaban J connectivity index is 4.41. The van der Waals surface area contributed by atoms with E-state index in [1.807, 2.05) is 0 Å². The van der Waals surface area contributed by atoms with E-state index in [1.54, 1.807) is 0 Å². The van der Waals surface area contributed by atoms with Crippen LogP contribution in [-0.2, 0) is 28.6 Å². The molecular formula is C60H106O6. The zero-order valence-electron chi connectivity index (χ0n) is 43.7. The van der Waals surface area contributed by atoms with Crippen molar-refractivity contribution >= 4 is 17.9 Å². The molecule has 1 atom stereocenters. The average Bonchev–Trinajstić information content (AvgIpc) is 3.31. The van der Waals surface area contributed by atoms with Crippen molar-refractivity contribution in [2.75, 3.05) is 13.2 Å². The van der Waals surface area contributed by atoms with Gasteiger partial charge < -0.3 is 14.2 Å². The molecule has 0 aliphatic rings. The third-order valence-corrected chi connectivity index (χ3v) is 12.3. The molecule has 0 radical (unpaired) electrons. The van der Waals surface area contributed by atoms with Crippen LogP contribution in [0.25, 0.3) is 0 Å². The molecular weight excluding hydrogens is 817 g/mol. The quantitative estimate of drug-likeness (QED) is 0.0262. The molecule has 0 fully saturated rings. The molecule has 0 heterocycles. The van der Waals surface area contributed by atoms with E-state index in [1.165, 1.54) is 154 Å². The van der Waals surface area contributed by atoms with Crippen LogP contribution in [0.3, 0.4) is 0 Å². The van der Waals surface area contributed by atoms with Crippen LogP contribution in [0.15, 0.2) is 60.8 Å². The van der Waals surface area contributed by atoms with Gasteiger partial charge in [-0.05, 0) is 83.5 Å². The van der Waals surface area contributed by atoms with Crippen LogP contribution >= 0.6 is 0 Å². The predicted octanol–water partition coefficient (Wildman–Crippen LogP) is 18.8. The van der Waals surface area contributed by atoms with Gasteiger partial charge in [-0.15, -0.1) is 0 Å². The SMILES string of the molecule is CC/C=C\C/C=C\C/C=C\C/C=C\CCCCC(=O)O[C@H](COC(=O)CCCCCCC/C=C\CCCCCCCC)COC(=O)CCCCCCCCCCCCCCCCCCCC. The molecule has 0 unspecified atom stereocenters. The predicted molar refractivity (Wildman–Crippen MR) is 284 cm³/mol. The molecule has 0 rings (SSSR count). The Morgan fingerprint density at radius 3 is 0.970 bits per heavy atom. The largest absolute Gasteiger partial charge is 0.462 e. The lowest BCUT2D eigenvalue weighted by molar-refractivity contribution is -0.167. The Morgan fingerprint density at radius 1 is 0.318 bits per heavy atom. The van der Waals surface area contributed by atoms with Crippen LogP contribution in [-0.4, -0.2) is 37.2 Å². The normalized spacial score (nSPS) is 12.5. The van der Waals surface area contributed by atoms with Gasteiger partial charge in [0.2, 0.25) is 0 Å². The van der Waals surface area contributed by atoms with E-state index in [2.05, 4.69) is 81.5 Å². The van der Waals surface area contributed by atoms with Crippen LogP contribution in [0.4, 0.5) is 0 Å². The summed E-state index contributed by atoms with van der Waals surface area (Å²) in [4.78, 5) is 38.1. The molecule has 0 bridgehead atoms. The fourth-order valence-electron chi connectivity index (χ4n) is 8.02. The summed E-state index contributed by atoms with van der Waals surface area (Å²) in [6, 6.07) is 0. The number of rotatable bonds is 51. The zero-order chi connectivity index (χ0) is 47.9. The molecule has 0 spiro atoms. The smallest absolute Gasteiger partial charge is 0.306 e. The van der Waals surface area contributed by atoms with Crippen molar-refractivity contribution in [1.29, 1.82) is 0 Å². The van der Waals surface area contributed by atoms with Gasteiger partial charge >= 0.3 is 17.9 Å². The first-order valence-electron chi connectivity index (χ1n) is 28.3. The molecule has 0 aliphatic heterocycles. The first kappa shape index (κ1) is 63.1. The Labute approximate surface area is 409 Å². The molecule has 0 aromatic heterocycles. The number of hydrogen-bond donors (Lipinski definition) is 0. The second-order valence-corrected chi connectivity index (χ2v) is 18.8. The fourth-order valence-corrected chi connectivity index (χ4v) is 8.02. The Kier molecular flexibility index (Phi) is 52.3. The first-order valence-corrected chi connectivity index (χ1v) is 28.3. The van der Waals surface area contributed by atoms with Gasteiger partial charge in [-0.2, -0.15) is 0 Å². The van der Waals surface area contributed by atoms with Gasteiger partial charge in [-0.3, -0.25) is 14.4 Å². The molecule has 0 aromatic rings. The maximum atomic E-state index is 12.8. The van der Waals surface area contributed by atoms with E-state index in [0.717, 1.165) is 83.5 Å². The van der Waals surface area contributed by atoms with Gasteiger partial charge in [0.1, 0.15) is 13.2 Å². The Bertz CT molecular complexity index is 1200. The van der Waals surface area contributed by atoms with Crippen molar-refractivity contribution < 1.29 is 28.6 Å². The third-order valence-electron chi connectivity index (χ3n) is 12.3. The number of unbranched alkanes of at least 4 members (excludes halogenated alkanes) is 30. The highest BCUT2D eigenvalue weighted by Crippen LogP contribution is 2.16. The van der Waals surface area contributed by atoms with E-state index in [9.17, 15) is 14.4 Å². The minimum absolute atomic E-state index is 0.0910. The Hall–Kier alpha value is -2.89. The van der Waals surface area contributed by atoms with Crippen LogP contribution in [0.2, 0.25) is 0 Å². The molecule has 0 amide bonds. The molecule has 0 N–H and O–H groups in total. The van der Waals surface area contributed by atoms with Crippen LogP contribution in [0.5, 0.6) is 0 Å². The maximum absolute atomic E-state index is 12.8. The summed E-state index contributed by atoms with van der Waals surface area (Å²) >= 11 is 0. The van der Waals surface area contributed by atoms with Gasteiger partial charge in [0, 0.05) is 19.3 Å². The lowest BCUT2D eigenvalue weighted by atomic mass is 10.0. The van der Waals surface area contributed by atoms with Crippen molar-refractivity contribution in [3.63, 3.8) is 0 Å². The summed E-state index contributed by atoms with van der Waals surface area (Å²) < 4.78 is 16.8. The van der Waals surface area contributed by atoms with Crippen molar-refractivity contribution in [1.82, 2.24) is 0 Å². The first-order chi connectivity index (χ1) is 32.5. The monoisotopic (exact) mass is 923 g/mol. The van der Waals surface area contributed by atoms with Crippen LogP contribution in [0.1, 0.15) is 284 Å². The van der Waals surface area contributed by atoms with Gasteiger partial charge in [0.25, 0.3) is 0 Å². The lowest BCUT2D eigenvalue weighted by Gasteiger charge is -2.18. The molecule has 66 heavy (non-hydrogen) atoms. The van der Waals surface area contributed by atoms with Crippen LogP contribution in [0, 0.1) is 0 Å². The Morgan fingerprint density at radius 2 is 0.591 bits per heavy atom. The van der Waals surface area contributed by atoms with Gasteiger partial charge in [0.15, 0.2) is 6.10 Å². The van der Waals surface area contributed by atoms with E-state index in [4.69, 9.17) is 14.2 Å². The molecule has 0 saturated heterocycles. The van der Waals surface area contributed by atoms with Gasteiger partial charge in [-0.1, -0.05) is 242 Å². The van der Waals surface area contributed by atoms with Crippen LogP contribution < -0.4 is 0 Å². The summed E-state index contributed by atoms with van der Waals surface area (Å²) in [6.07, 6.45) is 67.8. The topological polar surface area (TPSA) is 78.9 Å². The highest BCUT2D eigenvalue weighted by Gasteiger charge is 2.19. The van der Waals surface area contributed by atoms with Crippen molar-refractivity contribution in [3.8, 4) is 0 Å². The molecule has 382 valence electrons. The minimum atomic E-state index is -0.797. The summed E-state index contributed by atoms with van der Waals surface area (Å²) in [6.45, 7) is 6.51. The number of carbonyl (C=O) groups is 3. The zero-order valence-corrected chi connectivity index (χ0v) is 43.7. The van der Waals surface area contributed by atoms with E-state index < -0.39 is 6.10 Å². The maximum Gasteiger partial charge on any atom is 0.306 e. The number of allylic oxidation sites excluding steroid dienone is 10. The van der Waals surface area contributed by atoms with Crippen molar-refractivity contribution in [2.45, 2.75) is 290 Å². The molecule has 6 nitrogen and oxygen atoms in total.